The third-order valence-electron chi connectivity index (χ3n) is 3.64. The maximum Gasteiger partial charge on any atom is 0.325 e. The Kier molecular flexibility index (Phi) is 4.28. The molecule has 1 N–H and O–H groups in total. The van der Waals surface area contributed by atoms with Crippen molar-refractivity contribution >= 4 is 17.4 Å². The predicted molar refractivity (Wildman–Crippen MR) is 90.5 cm³/mol. The van der Waals surface area contributed by atoms with Crippen LogP contribution in [-0.2, 0) is 9.53 Å². The molecule has 0 aliphatic carbocycles. The van der Waals surface area contributed by atoms with E-state index in [1.807, 2.05) is 47.0 Å². The van der Waals surface area contributed by atoms with Crippen LogP contribution in [0.2, 0.25) is 0 Å². The molecule has 2 aromatic heterocycles. The van der Waals surface area contributed by atoms with E-state index < -0.39 is 0 Å². The van der Waals surface area contributed by atoms with Gasteiger partial charge in [0.15, 0.2) is 0 Å². The summed E-state index contributed by atoms with van der Waals surface area (Å²) < 4.78 is 6.94. The van der Waals surface area contributed by atoms with Crippen LogP contribution in [-0.4, -0.2) is 28.5 Å². The molecule has 0 fully saturated rings. The highest BCUT2D eigenvalue weighted by atomic mass is 16.5. The minimum atomic E-state index is -0.283. The number of nitrogens with one attached hydrogen (secondary N) is 1. The molecule has 0 radical (unpaired) electrons. The van der Waals surface area contributed by atoms with Crippen LogP contribution < -0.4 is 5.32 Å². The van der Waals surface area contributed by atoms with Gasteiger partial charge in [0.25, 0.3) is 0 Å². The van der Waals surface area contributed by atoms with Gasteiger partial charge in [-0.15, -0.1) is 0 Å². The number of esters is 1. The number of anilines is 1. The summed E-state index contributed by atoms with van der Waals surface area (Å²) in [5.41, 5.74) is 3.84. The number of imidazole rings is 1. The third kappa shape index (κ3) is 3.04. The Morgan fingerprint density at radius 2 is 2.00 bits per heavy atom. The lowest BCUT2D eigenvalue weighted by molar-refractivity contribution is -0.140. The number of nitrogens with zero attached hydrogens (tertiary/aromatic N) is 2. The van der Waals surface area contributed by atoms with E-state index in [2.05, 4.69) is 18.3 Å². The number of ether oxygens (including phenoxy) is 1. The van der Waals surface area contributed by atoms with Crippen molar-refractivity contribution in [3.8, 4) is 11.3 Å². The molecule has 3 rings (SSSR count). The summed E-state index contributed by atoms with van der Waals surface area (Å²) in [6.07, 6.45) is 1.93. The quantitative estimate of drug-likeness (QED) is 0.735. The van der Waals surface area contributed by atoms with Crippen molar-refractivity contribution in [2.75, 3.05) is 18.5 Å². The highest BCUT2D eigenvalue weighted by Crippen LogP contribution is 2.30. The zero-order chi connectivity index (χ0) is 16.2. The molecule has 5 nitrogen and oxygen atoms in total. The second-order valence-corrected chi connectivity index (χ2v) is 5.21. The maximum absolute atomic E-state index is 11.7. The molecule has 1 aromatic carbocycles. The van der Waals surface area contributed by atoms with E-state index in [-0.39, 0.29) is 12.5 Å². The van der Waals surface area contributed by atoms with Crippen LogP contribution >= 0.6 is 0 Å². The summed E-state index contributed by atoms with van der Waals surface area (Å²) in [4.78, 5) is 16.4. The summed E-state index contributed by atoms with van der Waals surface area (Å²) in [6.45, 7) is 4.33. The van der Waals surface area contributed by atoms with Crippen LogP contribution in [0.1, 0.15) is 12.5 Å². The first-order valence-corrected chi connectivity index (χ1v) is 7.63. The van der Waals surface area contributed by atoms with Crippen molar-refractivity contribution in [3.05, 3.63) is 54.2 Å². The number of aryl methyl sites for hydroxylation is 1. The van der Waals surface area contributed by atoms with Gasteiger partial charge in [-0.3, -0.25) is 9.20 Å². The molecule has 23 heavy (non-hydrogen) atoms. The van der Waals surface area contributed by atoms with Crippen molar-refractivity contribution < 1.29 is 9.53 Å². The zero-order valence-corrected chi connectivity index (χ0v) is 13.2. The van der Waals surface area contributed by atoms with Crippen molar-refractivity contribution in [1.82, 2.24) is 9.38 Å². The van der Waals surface area contributed by atoms with E-state index in [9.17, 15) is 4.79 Å². The average Bonchev–Trinajstić information content (AvgIpc) is 2.92. The zero-order valence-electron chi connectivity index (χ0n) is 13.2. The van der Waals surface area contributed by atoms with Gasteiger partial charge in [0.1, 0.15) is 23.7 Å². The Hall–Kier alpha value is -2.82. The maximum atomic E-state index is 11.7. The van der Waals surface area contributed by atoms with Gasteiger partial charge in [-0.25, -0.2) is 4.98 Å². The Bertz CT molecular complexity index is 839. The number of pyridine rings is 1. The Morgan fingerprint density at radius 3 is 2.78 bits per heavy atom. The summed E-state index contributed by atoms with van der Waals surface area (Å²) in [5.74, 6) is 0.511. The summed E-state index contributed by atoms with van der Waals surface area (Å²) in [6, 6.07) is 13.9. The van der Waals surface area contributed by atoms with Gasteiger partial charge in [-0.1, -0.05) is 30.3 Å². The topological polar surface area (TPSA) is 55.6 Å². The standard InChI is InChI=1S/C18H19N3O2/c1-3-23-16(22)12-19-18-17(14-9-5-4-8-13(14)2)20-15-10-6-7-11-21(15)18/h4-11,19H,3,12H2,1-2H3. The van der Waals surface area contributed by atoms with E-state index in [0.29, 0.717) is 6.61 Å². The largest absolute Gasteiger partial charge is 0.465 e. The van der Waals surface area contributed by atoms with Crippen molar-refractivity contribution in [2.24, 2.45) is 0 Å². The number of rotatable bonds is 5. The van der Waals surface area contributed by atoms with E-state index in [0.717, 1.165) is 28.3 Å². The normalized spacial score (nSPS) is 10.7. The molecule has 0 saturated carbocycles. The van der Waals surface area contributed by atoms with Crippen LogP contribution in [0.3, 0.4) is 0 Å². The van der Waals surface area contributed by atoms with Gasteiger partial charge in [-0.2, -0.15) is 0 Å². The van der Waals surface area contributed by atoms with Crippen LogP contribution in [0.25, 0.3) is 16.9 Å². The van der Waals surface area contributed by atoms with Crippen LogP contribution in [0.4, 0.5) is 5.82 Å². The number of carbonyl (C=O) groups excluding carboxylic acids is 1. The fourth-order valence-corrected chi connectivity index (χ4v) is 2.56. The second-order valence-electron chi connectivity index (χ2n) is 5.21. The average molecular weight is 309 g/mol. The molecule has 0 amide bonds. The van der Waals surface area contributed by atoms with Crippen LogP contribution in [0.5, 0.6) is 0 Å². The molecule has 0 bridgehead atoms. The second kappa shape index (κ2) is 6.52. The fourth-order valence-electron chi connectivity index (χ4n) is 2.56. The van der Waals surface area contributed by atoms with Gasteiger partial charge in [-0.05, 0) is 31.5 Å². The molecule has 0 atom stereocenters. The van der Waals surface area contributed by atoms with Crippen LogP contribution in [0.15, 0.2) is 48.7 Å². The highest BCUT2D eigenvalue weighted by molar-refractivity contribution is 5.81. The van der Waals surface area contributed by atoms with Gasteiger partial charge in [0, 0.05) is 11.8 Å². The number of hydrogen-bond acceptors (Lipinski definition) is 4. The first-order valence-electron chi connectivity index (χ1n) is 7.63. The fraction of sp³-hybridized carbons (Fsp3) is 0.222. The van der Waals surface area contributed by atoms with Crippen LogP contribution in [0, 0.1) is 6.92 Å². The lowest BCUT2D eigenvalue weighted by Gasteiger charge is -2.09. The Labute approximate surface area is 134 Å². The Morgan fingerprint density at radius 1 is 1.22 bits per heavy atom. The third-order valence-corrected chi connectivity index (χ3v) is 3.64. The van der Waals surface area contributed by atoms with Crippen molar-refractivity contribution in [3.63, 3.8) is 0 Å². The molecular formula is C18H19N3O2. The molecule has 0 unspecified atom stereocenters. The number of benzene rings is 1. The Balaban J connectivity index is 2.05. The molecule has 3 aromatic rings. The molecule has 0 spiro atoms. The summed E-state index contributed by atoms with van der Waals surface area (Å²) in [5, 5.41) is 3.17. The first kappa shape index (κ1) is 15.1. The summed E-state index contributed by atoms with van der Waals surface area (Å²) >= 11 is 0. The van der Waals surface area contributed by atoms with E-state index in [1.54, 1.807) is 6.92 Å². The van der Waals surface area contributed by atoms with Crippen molar-refractivity contribution in [1.29, 1.82) is 0 Å². The lowest BCUT2D eigenvalue weighted by atomic mass is 10.1. The lowest BCUT2D eigenvalue weighted by Crippen LogP contribution is -2.17. The summed E-state index contributed by atoms with van der Waals surface area (Å²) in [7, 11) is 0. The minimum absolute atomic E-state index is 0.107. The number of carbonyl (C=O) groups is 1. The monoisotopic (exact) mass is 309 g/mol. The molecule has 118 valence electrons. The molecule has 0 aliphatic rings. The van der Waals surface area contributed by atoms with Gasteiger partial charge in [0.05, 0.1) is 6.61 Å². The molecule has 0 aliphatic heterocycles. The SMILES string of the molecule is CCOC(=O)CNc1c(-c2ccccc2C)nc2ccccn12. The number of aromatic nitrogens is 2. The number of hydrogen-bond donors (Lipinski definition) is 1. The molecular weight excluding hydrogens is 290 g/mol. The predicted octanol–water partition coefficient (Wildman–Crippen LogP) is 3.28. The molecule has 2 heterocycles. The molecule has 5 heteroatoms. The van der Waals surface area contributed by atoms with Gasteiger partial charge < -0.3 is 10.1 Å². The smallest absolute Gasteiger partial charge is 0.325 e. The minimum Gasteiger partial charge on any atom is -0.465 e. The van der Waals surface area contributed by atoms with E-state index >= 15 is 0 Å². The van der Waals surface area contributed by atoms with E-state index in [4.69, 9.17) is 9.72 Å². The van der Waals surface area contributed by atoms with Crippen molar-refractivity contribution in [2.45, 2.75) is 13.8 Å². The highest BCUT2D eigenvalue weighted by Gasteiger charge is 2.16. The number of fused-ring (bicyclic) bond motifs is 1. The van der Waals surface area contributed by atoms with Gasteiger partial charge in [0.2, 0.25) is 0 Å². The molecule has 0 saturated heterocycles. The first-order chi connectivity index (χ1) is 11.2. The van der Waals surface area contributed by atoms with Gasteiger partial charge >= 0.3 is 5.97 Å². The van der Waals surface area contributed by atoms with E-state index in [1.165, 1.54) is 0 Å².